The van der Waals surface area contributed by atoms with E-state index in [1.165, 1.54) is 25.7 Å². The van der Waals surface area contributed by atoms with Crippen molar-refractivity contribution in [1.29, 1.82) is 0 Å². The van der Waals surface area contributed by atoms with Crippen LogP contribution in [0.1, 0.15) is 81.1 Å². The fourth-order valence-electron chi connectivity index (χ4n) is 4.04. The van der Waals surface area contributed by atoms with Gasteiger partial charge >= 0.3 is 0 Å². The molecular formula is C24H41BrO. The molecule has 0 radical (unpaired) electrons. The van der Waals surface area contributed by atoms with Crippen LogP contribution in [-0.4, -0.2) is 6.61 Å². The van der Waals surface area contributed by atoms with Gasteiger partial charge in [0.15, 0.2) is 0 Å². The molecule has 0 saturated heterocycles. The maximum Gasteiger partial charge on any atom is 0.119 e. The zero-order valence-electron chi connectivity index (χ0n) is 18.4. The van der Waals surface area contributed by atoms with E-state index in [1.807, 2.05) is 12.1 Å². The molecule has 0 amide bonds. The molecule has 0 bridgehead atoms. The number of benzene rings is 1. The first-order valence-electron chi connectivity index (χ1n) is 10.2. The molecule has 2 heteroatoms. The third-order valence-corrected chi connectivity index (χ3v) is 5.54. The van der Waals surface area contributed by atoms with E-state index in [2.05, 4.69) is 83.5 Å². The lowest BCUT2D eigenvalue weighted by Crippen LogP contribution is -2.25. The van der Waals surface area contributed by atoms with Gasteiger partial charge in [0.25, 0.3) is 0 Å². The van der Waals surface area contributed by atoms with Gasteiger partial charge < -0.3 is 4.74 Å². The highest BCUT2D eigenvalue weighted by Crippen LogP contribution is 2.34. The van der Waals surface area contributed by atoms with E-state index in [-0.39, 0.29) is 0 Å². The summed E-state index contributed by atoms with van der Waals surface area (Å²) in [6, 6.07) is 8.21. The summed E-state index contributed by atoms with van der Waals surface area (Å²) in [5, 5.41) is 0. The first kappa shape index (κ1) is 23.5. The SMILES string of the molecule is CC(CCC(COc1ccc(Br)cc1)C(C)CC(C)(C)C)CC(C)(C)C. The van der Waals surface area contributed by atoms with Crippen LogP contribution in [0.3, 0.4) is 0 Å². The van der Waals surface area contributed by atoms with Crippen molar-refractivity contribution >= 4 is 15.9 Å². The summed E-state index contributed by atoms with van der Waals surface area (Å²) in [4.78, 5) is 0. The Morgan fingerprint density at radius 2 is 1.38 bits per heavy atom. The van der Waals surface area contributed by atoms with Crippen LogP contribution in [0.25, 0.3) is 0 Å². The zero-order chi connectivity index (χ0) is 20.0. The molecule has 1 aromatic rings. The van der Waals surface area contributed by atoms with Crippen LogP contribution in [0.15, 0.2) is 28.7 Å². The molecule has 0 spiro atoms. The molecule has 0 aliphatic rings. The third-order valence-electron chi connectivity index (χ3n) is 5.01. The average molecular weight is 425 g/mol. The van der Waals surface area contributed by atoms with Crippen molar-refractivity contribution in [1.82, 2.24) is 0 Å². The first-order chi connectivity index (χ1) is 11.9. The second-order valence-electron chi connectivity index (χ2n) is 10.7. The number of rotatable bonds is 9. The van der Waals surface area contributed by atoms with Crippen LogP contribution in [0.5, 0.6) is 5.75 Å². The van der Waals surface area contributed by atoms with Gasteiger partial charge in [0.2, 0.25) is 0 Å². The lowest BCUT2D eigenvalue weighted by molar-refractivity contribution is 0.147. The van der Waals surface area contributed by atoms with Crippen LogP contribution in [0.2, 0.25) is 0 Å². The van der Waals surface area contributed by atoms with Gasteiger partial charge in [-0.3, -0.25) is 0 Å². The maximum absolute atomic E-state index is 6.17. The maximum atomic E-state index is 6.17. The highest BCUT2D eigenvalue weighted by molar-refractivity contribution is 9.10. The number of ether oxygens (including phenoxy) is 1. The molecule has 0 aliphatic carbocycles. The summed E-state index contributed by atoms with van der Waals surface area (Å²) in [6.45, 7) is 19.7. The fourth-order valence-corrected chi connectivity index (χ4v) is 4.31. The molecule has 3 atom stereocenters. The largest absolute Gasteiger partial charge is 0.493 e. The normalized spacial score (nSPS) is 16.2. The van der Waals surface area contributed by atoms with E-state index in [1.54, 1.807) is 0 Å². The van der Waals surface area contributed by atoms with Gasteiger partial charge in [-0.25, -0.2) is 0 Å². The Balaban J connectivity index is 2.67. The predicted octanol–water partition coefficient (Wildman–Crippen LogP) is 8.37. The van der Waals surface area contributed by atoms with Crippen molar-refractivity contribution in [3.05, 3.63) is 28.7 Å². The Labute approximate surface area is 171 Å². The molecule has 1 rings (SSSR count). The number of hydrogen-bond donors (Lipinski definition) is 0. The Bertz CT molecular complexity index is 506. The Hall–Kier alpha value is -0.500. The van der Waals surface area contributed by atoms with E-state index >= 15 is 0 Å². The van der Waals surface area contributed by atoms with Crippen molar-refractivity contribution in [2.24, 2.45) is 28.6 Å². The topological polar surface area (TPSA) is 9.23 Å². The molecule has 0 fully saturated rings. The van der Waals surface area contributed by atoms with E-state index in [0.29, 0.717) is 22.7 Å². The van der Waals surface area contributed by atoms with Gasteiger partial charge in [0, 0.05) is 4.47 Å². The molecule has 150 valence electrons. The smallest absolute Gasteiger partial charge is 0.119 e. The quantitative estimate of drug-likeness (QED) is 0.386. The minimum atomic E-state index is 0.367. The van der Waals surface area contributed by atoms with E-state index < -0.39 is 0 Å². The van der Waals surface area contributed by atoms with Crippen LogP contribution in [0.4, 0.5) is 0 Å². The first-order valence-corrected chi connectivity index (χ1v) is 11.0. The standard InChI is InChI=1S/C24H41BrO/c1-18(15-23(3,4)5)9-10-20(19(2)16-24(6,7)8)17-26-22-13-11-21(25)12-14-22/h11-14,18-20H,9-10,15-17H2,1-8H3. The lowest BCUT2D eigenvalue weighted by atomic mass is 9.76. The molecule has 26 heavy (non-hydrogen) atoms. The predicted molar refractivity (Wildman–Crippen MR) is 119 cm³/mol. The highest BCUT2D eigenvalue weighted by Gasteiger charge is 2.25. The van der Waals surface area contributed by atoms with E-state index in [4.69, 9.17) is 4.74 Å². The van der Waals surface area contributed by atoms with Crippen molar-refractivity contribution in [2.45, 2.75) is 81.1 Å². The van der Waals surface area contributed by atoms with Crippen molar-refractivity contribution in [3.63, 3.8) is 0 Å². The average Bonchev–Trinajstić information content (AvgIpc) is 2.45. The molecule has 0 saturated carbocycles. The molecular weight excluding hydrogens is 384 g/mol. The third kappa shape index (κ3) is 10.6. The minimum Gasteiger partial charge on any atom is -0.493 e. The van der Waals surface area contributed by atoms with Crippen molar-refractivity contribution < 1.29 is 4.74 Å². The highest BCUT2D eigenvalue weighted by atomic mass is 79.9. The molecule has 1 nitrogen and oxygen atoms in total. The molecule has 0 aromatic heterocycles. The summed E-state index contributed by atoms with van der Waals surface area (Å²) in [5.41, 5.74) is 0.784. The van der Waals surface area contributed by atoms with Crippen LogP contribution < -0.4 is 4.74 Å². The number of halogens is 1. The van der Waals surface area contributed by atoms with Crippen molar-refractivity contribution in [2.75, 3.05) is 6.61 Å². The Kier molecular flexibility index (Phi) is 9.19. The Morgan fingerprint density at radius 3 is 1.88 bits per heavy atom. The van der Waals surface area contributed by atoms with Gasteiger partial charge in [-0.15, -0.1) is 0 Å². The van der Waals surface area contributed by atoms with Gasteiger partial charge in [-0.1, -0.05) is 77.7 Å². The second-order valence-corrected chi connectivity index (χ2v) is 11.6. The number of hydrogen-bond acceptors (Lipinski definition) is 1. The summed E-state index contributed by atoms with van der Waals surface area (Å²) in [7, 11) is 0. The minimum absolute atomic E-state index is 0.367. The second kappa shape index (κ2) is 10.2. The lowest BCUT2D eigenvalue weighted by Gasteiger charge is -2.31. The monoisotopic (exact) mass is 424 g/mol. The van der Waals surface area contributed by atoms with Gasteiger partial charge in [0.05, 0.1) is 6.61 Å². The van der Waals surface area contributed by atoms with Gasteiger partial charge in [0.1, 0.15) is 5.75 Å². The fraction of sp³-hybridized carbons (Fsp3) is 0.750. The summed E-state index contributed by atoms with van der Waals surface area (Å²) in [6.07, 6.45) is 5.08. The van der Waals surface area contributed by atoms with Crippen LogP contribution in [0, 0.1) is 28.6 Å². The summed E-state index contributed by atoms with van der Waals surface area (Å²) >= 11 is 3.49. The molecule has 0 heterocycles. The van der Waals surface area contributed by atoms with Crippen molar-refractivity contribution in [3.8, 4) is 5.75 Å². The summed E-state index contributed by atoms with van der Waals surface area (Å²) < 4.78 is 7.27. The summed E-state index contributed by atoms with van der Waals surface area (Å²) in [5.74, 6) is 3.03. The molecule has 1 aromatic carbocycles. The van der Waals surface area contributed by atoms with Gasteiger partial charge in [-0.2, -0.15) is 0 Å². The zero-order valence-corrected chi connectivity index (χ0v) is 19.9. The van der Waals surface area contributed by atoms with Gasteiger partial charge in [-0.05, 0) is 72.1 Å². The van der Waals surface area contributed by atoms with Crippen LogP contribution >= 0.6 is 15.9 Å². The molecule has 0 N–H and O–H groups in total. The Morgan fingerprint density at radius 1 is 0.846 bits per heavy atom. The molecule has 0 aliphatic heterocycles. The van der Waals surface area contributed by atoms with E-state index in [9.17, 15) is 0 Å². The molecule has 3 unspecified atom stereocenters. The van der Waals surface area contributed by atoms with Crippen LogP contribution in [-0.2, 0) is 0 Å². The van der Waals surface area contributed by atoms with E-state index in [0.717, 1.165) is 22.7 Å².